The van der Waals surface area contributed by atoms with Crippen LogP contribution in [0.2, 0.25) is 0 Å². The molecule has 0 fully saturated rings. The summed E-state index contributed by atoms with van der Waals surface area (Å²) in [6.07, 6.45) is 3.27. The van der Waals surface area contributed by atoms with Gasteiger partial charge < -0.3 is 0 Å². The molecule has 1 heterocycles. The van der Waals surface area contributed by atoms with E-state index in [1.54, 1.807) is 29.4 Å². The van der Waals surface area contributed by atoms with Crippen molar-refractivity contribution in [3.05, 3.63) is 70.5 Å². The molecule has 0 atom stereocenters. The van der Waals surface area contributed by atoms with Gasteiger partial charge in [0.1, 0.15) is 6.33 Å². The van der Waals surface area contributed by atoms with E-state index in [1.165, 1.54) is 12.1 Å². The highest BCUT2D eigenvalue weighted by Gasteiger charge is 2.03. The molecule has 98 valence electrons. The molecule has 0 saturated carbocycles. The number of hydrogen-bond donors (Lipinski definition) is 0. The summed E-state index contributed by atoms with van der Waals surface area (Å²) in [7, 11) is 0. The third-order valence-electron chi connectivity index (χ3n) is 2.87. The topological polar surface area (TPSA) is 73.3 Å². The SMILES string of the molecule is O=[N+]([O-])c1ccc(C=Nn2cnc3ccccc32)cc1. The van der Waals surface area contributed by atoms with Crippen molar-refractivity contribution < 1.29 is 4.92 Å². The summed E-state index contributed by atoms with van der Waals surface area (Å²) >= 11 is 0. The zero-order valence-corrected chi connectivity index (χ0v) is 10.4. The lowest BCUT2D eigenvalue weighted by atomic mass is 10.2. The highest BCUT2D eigenvalue weighted by atomic mass is 16.6. The predicted molar refractivity (Wildman–Crippen MR) is 75.8 cm³/mol. The Morgan fingerprint density at radius 1 is 1.15 bits per heavy atom. The van der Waals surface area contributed by atoms with Crippen LogP contribution in [0.5, 0.6) is 0 Å². The zero-order valence-electron chi connectivity index (χ0n) is 10.4. The standard InChI is InChI=1S/C14H10N4O2/c19-18(20)12-7-5-11(6-8-12)9-16-17-10-15-13-3-1-2-4-14(13)17/h1-10H. The van der Waals surface area contributed by atoms with Gasteiger partial charge in [0.15, 0.2) is 0 Å². The minimum absolute atomic E-state index is 0.0650. The normalized spacial score (nSPS) is 11.2. The van der Waals surface area contributed by atoms with Crippen LogP contribution in [0.1, 0.15) is 5.56 Å². The summed E-state index contributed by atoms with van der Waals surface area (Å²) in [5.74, 6) is 0. The van der Waals surface area contributed by atoms with Crippen LogP contribution >= 0.6 is 0 Å². The molecular formula is C14H10N4O2. The molecule has 0 aliphatic rings. The number of fused-ring (bicyclic) bond motifs is 1. The Morgan fingerprint density at radius 2 is 1.90 bits per heavy atom. The molecule has 0 spiro atoms. The molecule has 0 unspecified atom stereocenters. The summed E-state index contributed by atoms with van der Waals surface area (Å²) in [6.45, 7) is 0. The van der Waals surface area contributed by atoms with Crippen LogP contribution in [0.4, 0.5) is 5.69 Å². The number of nitro benzene ring substituents is 1. The average Bonchev–Trinajstić information content (AvgIpc) is 2.89. The number of nitrogens with zero attached hydrogens (tertiary/aromatic N) is 4. The maximum absolute atomic E-state index is 10.6. The molecular weight excluding hydrogens is 256 g/mol. The predicted octanol–water partition coefficient (Wildman–Crippen LogP) is 2.83. The van der Waals surface area contributed by atoms with E-state index in [0.717, 1.165) is 16.6 Å². The van der Waals surface area contributed by atoms with Gasteiger partial charge >= 0.3 is 0 Å². The molecule has 20 heavy (non-hydrogen) atoms. The Labute approximate surface area is 114 Å². The third-order valence-corrected chi connectivity index (χ3v) is 2.87. The van der Waals surface area contributed by atoms with Crippen molar-refractivity contribution >= 4 is 22.9 Å². The van der Waals surface area contributed by atoms with Crippen molar-refractivity contribution in [2.45, 2.75) is 0 Å². The quantitative estimate of drug-likeness (QED) is 0.415. The summed E-state index contributed by atoms with van der Waals surface area (Å²) in [5.41, 5.74) is 2.63. The van der Waals surface area contributed by atoms with Gasteiger partial charge in [-0.25, -0.2) is 9.66 Å². The lowest BCUT2D eigenvalue weighted by Crippen LogP contribution is -1.90. The molecule has 6 nitrogen and oxygen atoms in total. The first-order valence-corrected chi connectivity index (χ1v) is 5.95. The number of rotatable bonds is 3. The van der Waals surface area contributed by atoms with Gasteiger partial charge in [0.05, 0.1) is 22.2 Å². The summed E-state index contributed by atoms with van der Waals surface area (Å²) in [6, 6.07) is 13.9. The minimum Gasteiger partial charge on any atom is -0.258 e. The molecule has 0 N–H and O–H groups in total. The van der Waals surface area contributed by atoms with Crippen LogP contribution in [0.25, 0.3) is 11.0 Å². The van der Waals surface area contributed by atoms with Crippen molar-refractivity contribution in [1.82, 2.24) is 9.66 Å². The van der Waals surface area contributed by atoms with Crippen LogP contribution in [0.3, 0.4) is 0 Å². The van der Waals surface area contributed by atoms with Gasteiger partial charge in [0.25, 0.3) is 5.69 Å². The van der Waals surface area contributed by atoms with Gasteiger partial charge in [0, 0.05) is 12.1 Å². The molecule has 1 aromatic heterocycles. The van der Waals surface area contributed by atoms with E-state index in [0.29, 0.717) is 0 Å². The van der Waals surface area contributed by atoms with Gasteiger partial charge in [-0.3, -0.25) is 10.1 Å². The van der Waals surface area contributed by atoms with Gasteiger partial charge in [-0.2, -0.15) is 5.10 Å². The van der Waals surface area contributed by atoms with E-state index in [9.17, 15) is 10.1 Å². The Kier molecular flexibility index (Phi) is 2.96. The lowest BCUT2D eigenvalue weighted by Gasteiger charge is -1.96. The smallest absolute Gasteiger partial charge is 0.258 e. The fourth-order valence-electron chi connectivity index (χ4n) is 1.85. The number of nitro groups is 1. The van der Waals surface area contributed by atoms with Crippen LogP contribution in [0, 0.1) is 10.1 Å². The maximum Gasteiger partial charge on any atom is 0.269 e. The second-order valence-corrected chi connectivity index (χ2v) is 4.17. The fraction of sp³-hybridized carbons (Fsp3) is 0. The zero-order chi connectivity index (χ0) is 13.9. The van der Waals surface area contributed by atoms with Gasteiger partial charge in [0.2, 0.25) is 0 Å². The number of para-hydroxylation sites is 2. The van der Waals surface area contributed by atoms with Crippen LogP contribution in [0.15, 0.2) is 60.0 Å². The molecule has 0 aliphatic heterocycles. The molecule has 0 saturated heterocycles. The molecule has 0 amide bonds. The van der Waals surface area contributed by atoms with Crippen molar-refractivity contribution in [2.24, 2.45) is 5.10 Å². The number of imidazole rings is 1. The molecule has 3 rings (SSSR count). The first kappa shape index (κ1) is 12.0. The van der Waals surface area contributed by atoms with E-state index in [-0.39, 0.29) is 5.69 Å². The van der Waals surface area contributed by atoms with Crippen LogP contribution in [-0.2, 0) is 0 Å². The first-order valence-electron chi connectivity index (χ1n) is 5.95. The first-order chi connectivity index (χ1) is 9.74. The number of hydrogen-bond acceptors (Lipinski definition) is 4. The highest BCUT2D eigenvalue weighted by molar-refractivity contribution is 5.81. The number of benzene rings is 2. The maximum atomic E-state index is 10.6. The van der Waals surface area contributed by atoms with E-state index >= 15 is 0 Å². The van der Waals surface area contributed by atoms with Crippen molar-refractivity contribution in [3.8, 4) is 0 Å². The molecule has 0 aliphatic carbocycles. The largest absolute Gasteiger partial charge is 0.269 e. The Bertz CT molecular complexity index is 790. The number of aromatic nitrogens is 2. The summed E-state index contributed by atoms with van der Waals surface area (Å²) in [5, 5.41) is 14.9. The second kappa shape index (κ2) is 4.93. The van der Waals surface area contributed by atoms with Crippen LogP contribution in [-0.4, -0.2) is 20.8 Å². The number of non-ortho nitro benzene ring substituents is 1. The molecule has 0 radical (unpaired) electrons. The van der Waals surface area contributed by atoms with Gasteiger partial charge in [-0.05, 0) is 29.8 Å². The fourth-order valence-corrected chi connectivity index (χ4v) is 1.85. The minimum atomic E-state index is -0.426. The molecule has 6 heteroatoms. The van der Waals surface area contributed by atoms with E-state index in [2.05, 4.69) is 10.1 Å². The molecule has 2 aromatic carbocycles. The molecule has 3 aromatic rings. The average molecular weight is 266 g/mol. The lowest BCUT2D eigenvalue weighted by molar-refractivity contribution is -0.384. The summed E-state index contributed by atoms with van der Waals surface area (Å²) < 4.78 is 1.66. The Hall–Kier alpha value is -3.02. The Balaban J connectivity index is 1.88. The van der Waals surface area contributed by atoms with E-state index in [4.69, 9.17) is 0 Å². The van der Waals surface area contributed by atoms with Crippen LogP contribution < -0.4 is 0 Å². The summed E-state index contributed by atoms with van der Waals surface area (Å²) in [4.78, 5) is 14.4. The second-order valence-electron chi connectivity index (χ2n) is 4.17. The monoisotopic (exact) mass is 266 g/mol. The van der Waals surface area contributed by atoms with Gasteiger partial charge in [-0.1, -0.05) is 12.1 Å². The van der Waals surface area contributed by atoms with E-state index in [1.807, 2.05) is 24.3 Å². The van der Waals surface area contributed by atoms with Crippen molar-refractivity contribution in [2.75, 3.05) is 0 Å². The molecule has 0 bridgehead atoms. The third kappa shape index (κ3) is 2.26. The van der Waals surface area contributed by atoms with E-state index < -0.39 is 4.92 Å². The Morgan fingerprint density at radius 3 is 2.65 bits per heavy atom. The van der Waals surface area contributed by atoms with Gasteiger partial charge in [-0.15, -0.1) is 0 Å². The van der Waals surface area contributed by atoms with Crippen molar-refractivity contribution in [3.63, 3.8) is 0 Å². The van der Waals surface area contributed by atoms with Crippen molar-refractivity contribution in [1.29, 1.82) is 0 Å². The highest BCUT2D eigenvalue weighted by Crippen LogP contribution is 2.13.